The highest BCUT2D eigenvalue weighted by molar-refractivity contribution is 6.30. The predicted octanol–water partition coefficient (Wildman–Crippen LogP) is 2.06. The molecule has 1 aliphatic carbocycles. The van der Waals surface area contributed by atoms with E-state index < -0.39 is 11.0 Å². The van der Waals surface area contributed by atoms with Crippen LogP contribution < -0.4 is 0 Å². The third kappa shape index (κ3) is 2.41. The molecule has 2 aromatic rings. The van der Waals surface area contributed by atoms with Crippen molar-refractivity contribution in [2.45, 2.75) is 25.0 Å². The normalized spacial score (nSPS) is 19.5. The van der Waals surface area contributed by atoms with E-state index in [2.05, 4.69) is 15.2 Å². The Kier molecular flexibility index (Phi) is 3.43. The molecule has 21 heavy (non-hydrogen) atoms. The van der Waals surface area contributed by atoms with Gasteiger partial charge in [0.2, 0.25) is 0 Å². The summed E-state index contributed by atoms with van der Waals surface area (Å²) in [4.78, 5) is 3.90. The average molecular weight is 307 g/mol. The first kappa shape index (κ1) is 14.0. The maximum absolute atomic E-state index is 11.3. The molecule has 0 radical (unpaired) electrons. The monoisotopic (exact) mass is 306 g/mol. The third-order valence-electron chi connectivity index (χ3n) is 4.10. The lowest BCUT2D eigenvalue weighted by atomic mass is 9.79. The molecule has 0 aliphatic heterocycles. The molecule has 1 aliphatic rings. The lowest BCUT2D eigenvalue weighted by molar-refractivity contribution is -0.0286. The number of aromatic nitrogens is 3. The SMILES string of the molecule is ON=CC1(C(O)(Cn2cncn2)c2ccc(Cl)cc2)CC1. The van der Waals surface area contributed by atoms with Gasteiger partial charge in [-0.3, -0.25) is 0 Å². The summed E-state index contributed by atoms with van der Waals surface area (Å²) in [5.41, 5.74) is -1.13. The van der Waals surface area contributed by atoms with E-state index in [1.165, 1.54) is 12.5 Å². The van der Waals surface area contributed by atoms with Gasteiger partial charge in [-0.1, -0.05) is 23.7 Å². The Bertz CT molecular complexity index is 638. The summed E-state index contributed by atoms with van der Waals surface area (Å²) in [6, 6.07) is 7.03. The van der Waals surface area contributed by atoms with Crippen LogP contribution in [0.3, 0.4) is 0 Å². The Morgan fingerprint density at radius 2 is 2.10 bits per heavy atom. The van der Waals surface area contributed by atoms with E-state index in [-0.39, 0.29) is 6.54 Å². The number of rotatable bonds is 5. The number of hydrogen-bond donors (Lipinski definition) is 2. The van der Waals surface area contributed by atoms with E-state index in [1.807, 2.05) is 0 Å². The fourth-order valence-corrected chi connectivity index (χ4v) is 2.83. The zero-order valence-corrected chi connectivity index (χ0v) is 12.0. The predicted molar refractivity (Wildman–Crippen MR) is 77.3 cm³/mol. The van der Waals surface area contributed by atoms with Crippen molar-refractivity contribution in [2.24, 2.45) is 10.6 Å². The Hall–Kier alpha value is -1.92. The number of oxime groups is 1. The van der Waals surface area contributed by atoms with Gasteiger partial charge in [-0.25, -0.2) is 9.67 Å². The van der Waals surface area contributed by atoms with Crippen LogP contribution in [0, 0.1) is 5.41 Å². The Morgan fingerprint density at radius 3 is 2.62 bits per heavy atom. The fraction of sp³-hybridized carbons (Fsp3) is 0.357. The van der Waals surface area contributed by atoms with Crippen LogP contribution >= 0.6 is 11.6 Å². The van der Waals surface area contributed by atoms with Crippen molar-refractivity contribution in [1.82, 2.24) is 14.8 Å². The molecule has 1 fully saturated rings. The number of hydrogen-bond acceptors (Lipinski definition) is 5. The average Bonchev–Trinajstić information content (AvgIpc) is 3.09. The van der Waals surface area contributed by atoms with Crippen molar-refractivity contribution >= 4 is 17.8 Å². The molecule has 7 heteroatoms. The van der Waals surface area contributed by atoms with Gasteiger partial charge in [-0.2, -0.15) is 5.10 Å². The maximum Gasteiger partial charge on any atom is 0.137 e. The van der Waals surface area contributed by atoms with E-state index in [4.69, 9.17) is 16.8 Å². The van der Waals surface area contributed by atoms with Crippen LogP contribution in [0.1, 0.15) is 18.4 Å². The van der Waals surface area contributed by atoms with Gasteiger partial charge in [-0.15, -0.1) is 5.16 Å². The summed E-state index contributed by atoms with van der Waals surface area (Å²) < 4.78 is 1.57. The van der Waals surface area contributed by atoms with Crippen molar-refractivity contribution in [1.29, 1.82) is 0 Å². The Morgan fingerprint density at radius 1 is 1.38 bits per heavy atom. The largest absolute Gasteiger partial charge is 0.411 e. The highest BCUT2D eigenvalue weighted by Gasteiger charge is 2.59. The molecule has 1 aromatic carbocycles. The minimum atomic E-state index is -1.24. The van der Waals surface area contributed by atoms with Gasteiger partial charge in [0, 0.05) is 10.4 Å². The first-order valence-electron chi connectivity index (χ1n) is 6.59. The number of benzene rings is 1. The first-order valence-corrected chi connectivity index (χ1v) is 6.97. The second kappa shape index (κ2) is 5.13. The molecule has 0 amide bonds. The summed E-state index contributed by atoms with van der Waals surface area (Å²) in [6.45, 7) is 0.223. The first-order chi connectivity index (χ1) is 10.1. The summed E-state index contributed by atoms with van der Waals surface area (Å²) in [5, 5.41) is 28.1. The van der Waals surface area contributed by atoms with Crippen LogP contribution in [0.4, 0.5) is 0 Å². The highest BCUT2D eigenvalue weighted by Crippen LogP contribution is 2.57. The second-order valence-corrected chi connectivity index (χ2v) is 5.80. The van der Waals surface area contributed by atoms with Gasteiger partial charge in [0.25, 0.3) is 0 Å². The molecule has 6 nitrogen and oxygen atoms in total. The molecule has 0 saturated heterocycles. The van der Waals surface area contributed by atoms with Crippen molar-refractivity contribution in [2.75, 3.05) is 0 Å². The van der Waals surface area contributed by atoms with E-state index >= 15 is 0 Å². The molecule has 1 heterocycles. The Balaban J connectivity index is 2.04. The van der Waals surface area contributed by atoms with Gasteiger partial charge in [-0.05, 0) is 30.5 Å². The van der Waals surface area contributed by atoms with E-state index in [0.29, 0.717) is 10.6 Å². The summed E-state index contributed by atoms with van der Waals surface area (Å²) in [5.74, 6) is 0. The number of aliphatic hydroxyl groups is 1. The summed E-state index contributed by atoms with van der Waals surface area (Å²) in [6.07, 6.45) is 5.86. The molecule has 1 unspecified atom stereocenters. The van der Waals surface area contributed by atoms with Gasteiger partial charge >= 0.3 is 0 Å². The van der Waals surface area contributed by atoms with Gasteiger partial charge < -0.3 is 10.3 Å². The van der Waals surface area contributed by atoms with Crippen LogP contribution in [0.15, 0.2) is 42.1 Å². The van der Waals surface area contributed by atoms with Crippen LogP contribution in [0.5, 0.6) is 0 Å². The third-order valence-corrected chi connectivity index (χ3v) is 4.35. The van der Waals surface area contributed by atoms with Crippen LogP contribution in [0.2, 0.25) is 5.02 Å². The standard InChI is InChI=1S/C14H15ClN4O2/c15-12-3-1-11(2-4-12)14(20,8-19-10-16-9-17-19)13(5-6-13)7-18-21/h1-4,7,9-10,20-21H,5-6,8H2. The highest BCUT2D eigenvalue weighted by atomic mass is 35.5. The number of nitrogens with zero attached hydrogens (tertiary/aromatic N) is 4. The minimum Gasteiger partial charge on any atom is -0.411 e. The van der Waals surface area contributed by atoms with Crippen molar-refractivity contribution in [3.05, 3.63) is 47.5 Å². The van der Waals surface area contributed by atoms with Crippen LogP contribution in [-0.4, -0.2) is 31.3 Å². The summed E-state index contributed by atoms with van der Waals surface area (Å²) in [7, 11) is 0. The molecule has 0 spiro atoms. The zero-order chi connectivity index (χ0) is 14.9. The Labute approximate surface area is 126 Å². The molecule has 2 N–H and O–H groups in total. The molecule has 1 atom stereocenters. The van der Waals surface area contributed by atoms with Crippen LogP contribution in [0.25, 0.3) is 0 Å². The maximum atomic E-state index is 11.3. The quantitative estimate of drug-likeness (QED) is 0.503. The molecule has 0 bridgehead atoms. The topological polar surface area (TPSA) is 83.5 Å². The van der Waals surface area contributed by atoms with Crippen molar-refractivity contribution in [3.63, 3.8) is 0 Å². The van der Waals surface area contributed by atoms with E-state index in [1.54, 1.807) is 35.3 Å². The van der Waals surface area contributed by atoms with Gasteiger partial charge in [0.05, 0.1) is 12.8 Å². The molecule has 110 valence electrons. The molecular formula is C14H15ClN4O2. The zero-order valence-electron chi connectivity index (χ0n) is 11.2. The van der Waals surface area contributed by atoms with Gasteiger partial charge in [0.15, 0.2) is 0 Å². The smallest absolute Gasteiger partial charge is 0.137 e. The molecule has 1 aromatic heterocycles. The van der Waals surface area contributed by atoms with E-state index in [9.17, 15) is 5.11 Å². The fourth-order valence-electron chi connectivity index (χ4n) is 2.71. The lowest BCUT2D eigenvalue weighted by Gasteiger charge is -2.34. The minimum absolute atomic E-state index is 0.223. The molecule has 3 rings (SSSR count). The second-order valence-electron chi connectivity index (χ2n) is 5.36. The lowest BCUT2D eigenvalue weighted by Crippen LogP contribution is -2.42. The summed E-state index contributed by atoms with van der Waals surface area (Å²) >= 11 is 5.92. The number of halogens is 1. The van der Waals surface area contributed by atoms with E-state index in [0.717, 1.165) is 12.8 Å². The molecular weight excluding hydrogens is 292 g/mol. The van der Waals surface area contributed by atoms with Crippen molar-refractivity contribution < 1.29 is 10.3 Å². The van der Waals surface area contributed by atoms with Gasteiger partial charge in [0.1, 0.15) is 18.3 Å². The van der Waals surface area contributed by atoms with Crippen molar-refractivity contribution in [3.8, 4) is 0 Å². The van der Waals surface area contributed by atoms with Crippen LogP contribution in [-0.2, 0) is 12.1 Å². The molecule has 1 saturated carbocycles.